The number of allylic oxidation sites excluding steroid dienone is 1. The van der Waals surface area contributed by atoms with Crippen LogP contribution in [0.5, 0.6) is 0 Å². The van der Waals surface area contributed by atoms with Crippen LogP contribution in [0.1, 0.15) is 33.6 Å². The van der Waals surface area contributed by atoms with Crippen molar-refractivity contribution in [3.8, 4) is 0 Å². The summed E-state index contributed by atoms with van der Waals surface area (Å²) >= 11 is 0. The van der Waals surface area contributed by atoms with Crippen LogP contribution in [0.15, 0.2) is 23.8 Å². The zero-order chi connectivity index (χ0) is 12.8. The van der Waals surface area contributed by atoms with E-state index in [0.29, 0.717) is 5.92 Å². The summed E-state index contributed by atoms with van der Waals surface area (Å²) in [5.74, 6) is 0.459. The monoisotopic (exact) mass is 234 g/mol. The van der Waals surface area contributed by atoms with Crippen molar-refractivity contribution < 1.29 is 10.2 Å². The minimum Gasteiger partial charge on any atom is -0.388 e. The highest BCUT2D eigenvalue weighted by Gasteiger charge is 2.51. The molecule has 2 radical (unpaired) electrons. The molecule has 1 saturated carbocycles. The molecule has 17 heavy (non-hydrogen) atoms. The molecule has 2 aliphatic carbocycles. The van der Waals surface area contributed by atoms with Gasteiger partial charge >= 0.3 is 0 Å². The number of fused-ring (bicyclic) bond motifs is 1. The highest BCUT2D eigenvalue weighted by molar-refractivity contribution is 5.29. The van der Waals surface area contributed by atoms with Gasteiger partial charge in [-0.15, -0.1) is 0 Å². The van der Waals surface area contributed by atoms with Crippen molar-refractivity contribution in [3.05, 3.63) is 30.2 Å². The van der Waals surface area contributed by atoms with Crippen molar-refractivity contribution in [2.24, 2.45) is 17.8 Å². The van der Waals surface area contributed by atoms with Crippen LogP contribution in [0.25, 0.3) is 0 Å². The maximum atomic E-state index is 10.8. The predicted molar refractivity (Wildman–Crippen MR) is 68.1 cm³/mol. The van der Waals surface area contributed by atoms with Gasteiger partial charge in [0.2, 0.25) is 0 Å². The van der Waals surface area contributed by atoms with E-state index in [-0.39, 0.29) is 11.8 Å². The number of rotatable bonds is 1. The van der Waals surface area contributed by atoms with Crippen molar-refractivity contribution >= 4 is 0 Å². The molecule has 94 valence electrons. The van der Waals surface area contributed by atoms with Crippen molar-refractivity contribution in [1.82, 2.24) is 0 Å². The van der Waals surface area contributed by atoms with Gasteiger partial charge in [0.25, 0.3) is 0 Å². The Morgan fingerprint density at radius 3 is 2.76 bits per heavy atom. The first kappa shape index (κ1) is 12.8. The van der Waals surface area contributed by atoms with Crippen LogP contribution in [-0.4, -0.2) is 21.9 Å². The Morgan fingerprint density at radius 1 is 1.53 bits per heavy atom. The van der Waals surface area contributed by atoms with E-state index in [1.54, 1.807) is 0 Å². The summed E-state index contributed by atoms with van der Waals surface area (Å²) in [5.41, 5.74) is 1.00. The van der Waals surface area contributed by atoms with Crippen LogP contribution in [0.2, 0.25) is 0 Å². The van der Waals surface area contributed by atoms with Crippen LogP contribution < -0.4 is 0 Å². The molecule has 2 nitrogen and oxygen atoms in total. The standard InChI is InChI=1S/C15H22O2/c1-9(2)12-6-5-11(4)15(17)8-14(16)10(3)7-13(12)15/h7,11-14,16-17H,1,5-6H2,2-4H3/t11-,12+,13+,14-,15-/m1/s1. The highest BCUT2D eigenvalue weighted by Crippen LogP contribution is 2.49. The molecule has 0 amide bonds. The van der Waals surface area contributed by atoms with Gasteiger partial charge in [-0.2, -0.15) is 0 Å². The van der Waals surface area contributed by atoms with E-state index in [1.165, 1.54) is 0 Å². The Bertz CT molecular complexity index is 358. The van der Waals surface area contributed by atoms with E-state index in [9.17, 15) is 10.2 Å². The second kappa shape index (κ2) is 4.25. The summed E-state index contributed by atoms with van der Waals surface area (Å²) in [6, 6.07) is 0. The van der Waals surface area contributed by atoms with E-state index >= 15 is 0 Å². The molecule has 0 aromatic carbocycles. The van der Waals surface area contributed by atoms with Gasteiger partial charge in [0, 0.05) is 5.92 Å². The number of hydrogen-bond donors (Lipinski definition) is 2. The van der Waals surface area contributed by atoms with Gasteiger partial charge in [-0.1, -0.05) is 25.2 Å². The summed E-state index contributed by atoms with van der Waals surface area (Å²) in [5, 5.41) is 20.7. The largest absolute Gasteiger partial charge is 0.388 e. The number of hydrogen-bond acceptors (Lipinski definition) is 2. The average molecular weight is 234 g/mol. The van der Waals surface area contributed by atoms with Gasteiger partial charge < -0.3 is 10.2 Å². The molecular formula is C15H22O2. The van der Waals surface area contributed by atoms with Crippen LogP contribution >= 0.6 is 0 Å². The smallest absolute Gasteiger partial charge is 0.0847 e. The van der Waals surface area contributed by atoms with Crippen molar-refractivity contribution in [2.45, 2.75) is 45.3 Å². The second-order valence-corrected chi connectivity index (χ2v) is 5.74. The maximum absolute atomic E-state index is 10.8. The maximum Gasteiger partial charge on any atom is 0.0847 e. The van der Waals surface area contributed by atoms with Gasteiger partial charge in [0.15, 0.2) is 0 Å². The molecule has 0 unspecified atom stereocenters. The molecule has 0 bridgehead atoms. The SMILES string of the molecule is C=C(C)[C@@H]1CC[C@@H](C)[C@]2(O)[C][C@@H](O)C(C)=C[C@@H]12. The lowest BCUT2D eigenvalue weighted by molar-refractivity contribution is -0.0783. The quantitative estimate of drug-likeness (QED) is 0.684. The van der Waals surface area contributed by atoms with Gasteiger partial charge in [-0.3, -0.25) is 0 Å². The fourth-order valence-electron chi connectivity index (χ4n) is 3.21. The van der Waals surface area contributed by atoms with Crippen molar-refractivity contribution in [2.75, 3.05) is 0 Å². The Morgan fingerprint density at radius 2 is 2.18 bits per heavy atom. The fraction of sp³-hybridized carbons (Fsp3) is 0.667. The molecular weight excluding hydrogens is 212 g/mol. The molecule has 2 rings (SSSR count). The normalized spacial score (nSPS) is 46.1. The van der Waals surface area contributed by atoms with E-state index in [0.717, 1.165) is 24.0 Å². The molecule has 1 fully saturated rings. The van der Waals surface area contributed by atoms with Gasteiger partial charge in [-0.05, 0) is 44.1 Å². The summed E-state index contributed by atoms with van der Waals surface area (Å²) in [4.78, 5) is 0. The van der Waals surface area contributed by atoms with Crippen LogP contribution in [0.3, 0.4) is 0 Å². The summed E-state index contributed by atoms with van der Waals surface area (Å²) in [6.45, 7) is 9.99. The number of aliphatic hydroxyl groups excluding tert-OH is 1. The average Bonchev–Trinajstić information content (AvgIpc) is 2.23. The lowest BCUT2D eigenvalue weighted by Gasteiger charge is -2.51. The molecule has 0 aromatic rings. The third-order valence-electron chi connectivity index (χ3n) is 4.48. The molecule has 0 aliphatic heterocycles. The van der Waals surface area contributed by atoms with Crippen molar-refractivity contribution in [1.29, 1.82) is 0 Å². The first-order valence-corrected chi connectivity index (χ1v) is 6.38. The van der Waals surface area contributed by atoms with Crippen LogP contribution in [0.4, 0.5) is 0 Å². The third kappa shape index (κ3) is 1.98. The Hall–Kier alpha value is -0.600. The Kier molecular flexibility index (Phi) is 3.21. The Balaban J connectivity index is 2.40. The summed E-state index contributed by atoms with van der Waals surface area (Å²) in [6.07, 6.45) is 6.29. The molecule has 2 heteroatoms. The van der Waals surface area contributed by atoms with Gasteiger partial charge in [0.1, 0.15) is 0 Å². The summed E-state index contributed by atoms with van der Waals surface area (Å²) < 4.78 is 0. The molecule has 5 atom stereocenters. The zero-order valence-corrected chi connectivity index (χ0v) is 10.9. The molecule has 0 saturated heterocycles. The lowest BCUT2D eigenvalue weighted by Crippen LogP contribution is -2.54. The van der Waals surface area contributed by atoms with E-state index in [4.69, 9.17) is 0 Å². The van der Waals surface area contributed by atoms with Gasteiger partial charge in [0.05, 0.1) is 18.1 Å². The van der Waals surface area contributed by atoms with Crippen LogP contribution in [-0.2, 0) is 0 Å². The third-order valence-corrected chi connectivity index (χ3v) is 4.48. The zero-order valence-electron chi connectivity index (χ0n) is 10.9. The first-order chi connectivity index (χ1) is 7.86. The Labute approximate surface area is 104 Å². The topological polar surface area (TPSA) is 40.5 Å². The van der Waals surface area contributed by atoms with Crippen molar-refractivity contribution in [3.63, 3.8) is 0 Å². The highest BCUT2D eigenvalue weighted by atomic mass is 16.3. The van der Waals surface area contributed by atoms with Gasteiger partial charge in [-0.25, -0.2) is 0 Å². The number of aliphatic hydroxyl groups is 2. The minimum atomic E-state index is -0.999. The predicted octanol–water partition coefficient (Wildman–Crippen LogP) is 2.36. The van der Waals surface area contributed by atoms with E-state index in [1.807, 2.05) is 26.8 Å². The first-order valence-electron chi connectivity index (χ1n) is 6.38. The molecule has 0 heterocycles. The fourth-order valence-corrected chi connectivity index (χ4v) is 3.21. The molecule has 2 N–H and O–H groups in total. The van der Waals surface area contributed by atoms with Crippen LogP contribution in [0, 0.1) is 24.2 Å². The lowest BCUT2D eigenvalue weighted by atomic mass is 9.58. The van der Waals surface area contributed by atoms with E-state index in [2.05, 4.69) is 13.0 Å². The van der Waals surface area contributed by atoms with E-state index < -0.39 is 11.7 Å². The molecule has 0 spiro atoms. The summed E-state index contributed by atoms with van der Waals surface area (Å²) in [7, 11) is 0. The second-order valence-electron chi connectivity index (χ2n) is 5.74. The molecule has 0 aromatic heterocycles. The minimum absolute atomic E-state index is 0.0205. The molecule has 2 aliphatic rings.